The molecule has 0 amide bonds. The van der Waals surface area contributed by atoms with E-state index in [0.29, 0.717) is 6.04 Å². The van der Waals surface area contributed by atoms with Crippen LogP contribution in [0.4, 0.5) is 0 Å². The van der Waals surface area contributed by atoms with E-state index in [4.69, 9.17) is 4.74 Å². The third-order valence-corrected chi connectivity index (χ3v) is 3.44. The average molecular weight is 233 g/mol. The second-order valence-electron chi connectivity index (χ2n) is 4.95. The van der Waals surface area contributed by atoms with Gasteiger partial charge in [-0.1, -0.05) is 19.1 Å². The predicted molar refractivity (Wildman–Crippen MR) is 71.5 cm³/mol. The lowest BCUT2D eigenvalue weighted by molar-refractivity contribution is 0.413. The van der Waals surface area contributed by atoms with Crippen LogP contribution in [0.5, 0.6) is 5.75 Å². The summed E-state index contributed by atoms with van der Waals surface area (Å²) >= 11 is 0. The first-order valence-electron chi connectivity index (χ1n) is 6.69. The van der Waals surface area contributed by atoms with Gasteiger partial charge in [-0.25, -0.2) is 0 Å². The van der Waals surface area contributed by atoms with E-state index in [0.717, 1.165) is 24.6 Å². The Balaban J connectivity index is 1.95. The van der Waals surface area contributed by atoms with Gasteiger partial charge in [0, 0.05) is 6.04 Å². The number of ether oxygens (including phenoxy) is 1. The van der Waals surface area contributed by atoms with Crippen LogP contribution in [0.25, 0.3) is 0 Å². The first-order chi connectivity index (χ1) is 8.33. The Bertz CT molecular complexity index is 347. The molecule has 0 heterocycles. The summed E-state index contributed by atoms with van der Waals surface area (Å²) in [5, 5.41) is 3.68. The molecule has 2 nitrogen and oxygen atoms in total. The SMILES string of the molecule is CCCNC(Cc1cccc(OC)c1)C1CC1. The van der Waals surface area contributed by atoms with Crippen molar-refractivity contribution in [3.63, 3.8) is 0 Å². The number of methoxy groups -OCH3 is 1. The Morgan fingerprint density at radius 2 is 2.24 bits per heavy atom. The Morgan fingerprint density at radius 3 is 2.88 bits per heavy atom. The summed E-state index contributed by atoms with van der Waals surface area (Å²) in [4.78, 5) is 0. The van der Waals surface area contributed by atoms with Gasteiger partial charge in [0.1, 0.15) is 5.75 Å². The van der Waals surface area contributed by atoms with Gasteiger partial charge in [-0.15, -0.1) is 0 Å². The van der Waals surface area contributed by atoms with E-state index in [1.165, 1.54) is 24.8 Å². The molecular weight excluding hydrogens is 210 g/mol. The van der Waals surface area contributed by atoms with E-state index in [1.54, 1.807) is 7.11 Å². The number of benzene rings is 1. The average Bonchev–Trinajstić information content (AvgIpc) is 3.19. The molecule has 0 aliphatic heterocycles. The summed E-state index contributed by atoms with van der Waals surface area (Å²) in [6, 6.07) is 9.10. The highest BCUT2D eigenvalue weighted by Gasteiger charge is 2.30. The maximum Gasteiger partial charge on any atom is 0.119 e. The Kier molecular flexibility index (Phi) is 4.43. The quantitative estimate of drug-likeness (QED) is 0.781. The van der Waals surface area contributed by atoms with Gasteiger partial charge in [0.25, 0.3) is 0 Å². The van der Waals surface area contributed by atoms with E-state index >= 15 is 0 Å². The number of hydrogen-bond acceptors (Lipinski definition) is 2. The lowest BCUT2D eigenvalue weighted by atomic mass is 10.0. The molecule has 0 spiro atoms. The van der Waals surface area contributed by atoms with Crippen LogP contribution in [0, 0.1) is 5.92 Å². The first-order valence-corrected chi connectivity index (χ1v) is 6.69. The van der Waals surface area contributed by atoms with Crippen molar-refractivity contribution in [3.8, 4) is 5.75 Å². The zero-order valence-electron chi connectivity index (χ0n) is 10.9. The molecule has 2 heteroatoms. The molecule has 94 valence electrons. The van der Waals surface area contributed by atoms with Crippen molar-refractivity contribution in [1.29, 1.82) is 0 Å². The lowest BCUT2D eigenvalue weighted by Gasteiger charge is -2.18. The second-order valence-corrected chi connectivity index (χ2v) is 4.95. The summed E-state index contributed by atoms with van der Waals surface area (Å²) in [5.41, 5.74) is 1.38. The molecule has 1 fully saturated rings. The highest BCUT2D eigenvalue weighted by molar-refractivity contribution is 5.29. The maximum atomic E-state index is 5.27. The van der Waals surface area contributed by atoms with Crippen LogP contribution in [0.1, 0.15) is 31.7 Å². The number of nitrogens with one attached hydrogen (secondary N) is 1. The molecule has 1 aromatic carbocycles. The van der Waals surface area contributed by atoms with E-state index in [1.807, 2.05) is 6.07 Å². The van der Waals surface area contributed by atoms with Crippen molar-refractivity contribution in [2.24, 2.45) is 5.92 Å². The minimum atomic E-state index is 0.655. The van der Waals surface area contributed by atoms with Crippen LogP contribution in [-0.4, -0.2) is 19.7 Å². The van der Waals surface area contributed by atoms with Crippen LogP contribution < -0.4 is 10.1 Å². The molecule has 1 atom stereocenters. The molecule has 1 aliphatic carbocycles. The number of hydrogen-bond donors (Lipinski definition) is 1. The molecule has 0 saturated heterocycles. The van der Waals surface area contributed by atoms with Crippen molar-refractivity contribution < 1.29 is 4.74 Å². The molecular formula is C15H23NO. The van der Waals surface area contributed by atoms with Gasteiger partial charge in [-0.3, -0.25) is 0 Å². The molecule has 1 aliphatic rings. The van der Waals surface area contributed by atoms with Gasteiger partial charge in [-0.2, -0.15) is 0 Å². The Morgan fingerprint density at radius 1 is 1.41 bits per heavy atom. The third kappa shape index (κ3) is 3.74. The minimum absolute atomic E-state index is 0.655. The maximum absolute atomic E-state index is 5.27. The standard InChI is InChI=1S/C15H23NO/c1-3-9-16-15(13-7-8-13)11-12-5-4-6-14(10-12)17-2/h4-6,10,13,15-16H,3,7-9,11H2,1-2H3. The van der Waals surface area contributed by atoms with Gasteiger partial charge in [0.2, 0.25) is 0 Å². The van der Waals surface area contributed by atoms with E-state index in [9.17, 15) is 0 Å². The molecule has 1 saturated carbocycles. The van der Waals surface area contributed by atoms with Gasteiger partial charge < -0.3 is 10.1 Å². The Hall–Kier alpha value is -1.02. The number of rotatable bonds is 7. The van der Waals surface area contributed by atoms with Crippen molar-refractivity contribution in [3.05, 3.63) is 29.8 Å². The molecule has 2 rings (SSSR count). The fraction of sp³-hybridized carbons (Fsp3) is 0.600. The minimum Gasteiger partial charge on any atom is -0.497 e. The second kappa shape index (κ2) is 6.06. The Labute approximate surface area is 104 Å². The highest BCUT2D eigenvalue weighted by atomic mass is 16.5. The highest BCUT2D eigenvalue weighted by Crippen LogP contribution is 2.34. The van der Waals surface area contributed by atoms with Crippen LogP contribution in [-0.2, 0) is 6.42 Å². The van der Waals surface area contributed by atoms with Crippen molar-refractivity contribution in [2.45, 2.75) is 38.6 Å². The van der Waals surface area contributed by atoms with Crippen LogP contribution in [0.15, 0.2) is 24.3 Å². The van der Waals surface area contributed by atoms with Gasteiger partial charge >= 0.3 is 0 Å². The predicted octanol–water partition coefficient (Wildman–Crippen LogP) is 3.02. The first kappa shape index (κ1) is 12.4. The van der Waals surface area contributed by atoms with E-state index < -0.39 is 0 Å². The smallest absolute Gasteiger partial charge is 0.119 e. The van der Waals surface area contributed by atoms with Crippen molar-refractivity contribution >= 4 is 0 Å². The van der Waals surface area contributed by atoms with Crippen LogP contribution in [0.2, 0.25) is 0 Å². The van der Waals surface area contributed by atoms with Crippen LogP contribution >= 0.6 is 0 Å². The summed E-state index contributed by atoms with van der Waals surface area (Å²) in [5.74, 6) is 1.86. The van der Waals surface area contributed by atoms with Crippen LogP contribution in [0.3, 0.4) is 0 Å². The normalized spacial score (nSPS) is 16.8. The molecule has 1 unspecified atom stereocenters. The summed E-state index contributed by atoms with van der Waals surface area (Å²) < 4.78 is 5.27. The lowest BCUT2D eigenvalue weighted by Crippen LogP contribution is -2.33. The monoisotopic (exact) mass is 233 g/mol. The van der Waals surface area contributed by atoms with E-state index in [2.05, 4.69) is 30.4 Å². The topological polar surface area (TPSA) is 21.3 Å². The fourth-order valence-electron chi connectivity index (χ4n) is 2.29. The van der Waals surface area contributed by atoms with Gasteiger partial charge in [0.05, 0.1) is 7.11 Å². The molecule has 0 aromatic heterocycles. The zero-order valence-corrected chi connectivity index (χ0v) is 10.9. The summed E-state index contributed by atoms with van der Waals surface area (Å²) in [7, 11) is 1.73. The summed E-state index contributed by atoms with van der Waals surface area (Å²) in [6.45, 7) is 3.35. The molecule has 0 radical (unpaired) electrons. The van der Waals surface area contributed by atoms with Crippen molar-refractivity contribution in [1.82, 2.24) is 5.32 Å². The zero-order chi connectivity index (χ0) is 12.1. The van der Waals surface area contributed by atoms with Gasteiger partial charge in [-0.05, 0) is 55.8 Å². The van der Waals surface area contributed by atoms with Gasteiger partial charge in [0.15, 0.2) is 0 Å². The molecule has 0 bridgehead atoms. The fourth-order valence-corrected chi connectivity index (χ4v) is 2.29. The molecule has 1 N–H and O–H groups in total. The summed E-state index contributed by atoms with van der Waals surface area (Å²) in [6.07, 6.45) is 5.12. The molecule has 1 aromatic rings. The largest absolute Gasteiger partial charge is 0.497 e. The third-order valence-electron chi connectivity index (χ3n) is 3.44. The van der Waals surface area contributed by atoms with Crippen molar-refractivity contribution in [2.75, 3.05) is 13.7 Å². The van der Waals surface area contributed by atoms with E-state index in [-0.39, 0.29) is 0 Å². The molecule has 17 heavy (non-hydrogen) atoms.